The summed E-state index contributed by atoms with van der Waals surface area (Å²) in [4.78, 5) is 11.6. The topological polar surface area (TPSA) is 35.5 Å². The average Bonchev–Trinajstić information content (AvgIpc) is 2.87. The molecule has 3 heteroatoms. The number of fused-ring (bicyclic) bond motifs is 4. The third-order valence-electron chi connectivity index (χ3n) is 6.38. The van der Waals surface area contributed by atoms with E-state index in [0.29, 0.717) is 23.7 Å². The van der Waals surface area contributed by atoms with E-state index in [4.69, 9.17) is 9.47 Å². The number of ether oxygens (including phenoxy) is 2. The molecule has 3 fully saturated rings. The number of hydrogen-bond donors (Lipinski definition) is 0. The largest absolute Gasteiger partial charge is 0.459 e. The minimum absolute atomic E-state index is 0.00363. The molecule has 1 aliphatic carbocycles. The van der Waals surface area contributed by atoms with Gasteiger partial charge >= 0.3 is 5.97 Å². The summed E-state index contributed by atoms with van der Waals surface area (Å²) >= 11 is 0. The maximum absolute atomic E-state index is 11.6. The van der Waals surface area contributed by atoms with Crippen LogP contribution in [-0.4, -0.2) is 23.3 Å². The molecule has 2 saturated heterocycles. The van der Waals surface area contributed by atoms with E-state index in [1.807, 2.05) is 0 Å². The van der Waals surface area contributed by atoms with Crippen molar-refractivity contribution in [1.82, 2.24) is 0 Å². The van der Waals surface area contributed by atoms with Crippen molar-refractivity contribution in [3.63, 3.8) is 0 Å². The highest BCUT2D eigenvalue weighted by molar-refractivity contribution is 5.66. The molecular formula is C17H28O3. The zero-order chi connectivity index (χ0) is 14.7. The summed E-state index contributed by atoms with van der Waals surface area (Å²) in [6, 6.07) is 0. The smallest absolute Gasteiger partial charge is 0.303 e. The summed E-state index contributed by atoms with van der Waals surface area (Å²) in [6.45, 7) is 10.6. The highest BCUT2D eigenvalue weighted by Crippen LogP contribution is 2.62. The molecule has 0 N–H and O–H groups in total. The third-order valence-corrected chi connectivity index (χ3v) is 6.38. The van der Waals surface area contributed by atoms with Crippen LogP contribution >= 0.6 is 0 Å². The van der Waals surface area contributed by atoms with E-state index in [-0.39, 0.29) is 23.3 Å². The first-order chi connectivity index (χ1) is 9.30. The molecule has 0 radical (unpaired) electrons. The molecule has 0 aromatic heterocycles. The van der Waals surface area contributed by atoms with E-state index in [2.05, 4.69) is 27.7 Å². The zero-order valence-electron chi connectivity index (χ0n) is 13.4. The lowest BCUT2D eigenvalue weighted by atomic mass is 9.69. The van der Waals surface area contributed by atoms with Crippen LogP contribution in [-0.2, 0) is 14.3 Å². The van der Waals surface area contributed by atoms with E-state index >= 15 is 0 Å². The van der Waals surface area contributed by atoms with Crippen molar-refractivity contribution in [2.45, 2.75) is 77.6 Å². The van der Waals surface area contributed by atoms with Gasteiger partial charge in [-0.25, -0.2) is 0 Å². The Morgan fingerprint density at radius 2 is 2.00 bits per heavy atom. The van der Waals surface area contributed by atoms with Crippen molar-refractivity contribution in [3.8, 4) is 0 Å². The SMILES string of the molecule is CC(=O)O[C@H]1[C@H]2[C@H](C)CC[C@@H]2[C@]2(C)CC[C@@]1(C(C)C)O2. The molecule has 0 aromatic rings. The van der Waals surface area contributed by atoms with Crippen molar-refractivity contribution < 1.29 is 14.3 Å². The van der Waals surface area contributed by atoms with Crippen molar-refractivity contribution in [2.75, 3.05) is 0 Å². The van der Waals surface area contributed by atoms with Gasteiger partial charge in [0.1, 0.15) is 11.7 Å². The summed E-state index contributed by atoms with van der Waals surface area (Å²) in [5.74, 6) is 1.87. The summed E-state index contributed by atoms with van der Waals surface area (Å²) in [5, 5.41) is 0. The van der Waals surface area contributed by atoms with E-state index in [1.54, 1.807) is 0 Å². The van der Waals surface area contributed by atoms with Crippen LogP contribution in [0.1, 0.15) is 60.3 Å². The zero-order valence-corrected chi connectivity index (χ0v) is 13.4. The molecule has 2 aliphatic heterocycles. The fraction of sp³-hybridized carbons (Fsp3) is 0.941. The standard InChI is InChI=1S/C17H28O3/c1-10(2)17-9-8-16(5,20-17)13-7-6-11(3)14(13)15(17)19-12(4)18/h10-11,13-15H,6-9H2,1-5H3/t11-,13+,14+,15+,16+,17+/m1/s1. The van der Waals surface area contributed by atoms with Gasteiger partial charge in [0.05, 0.1) is 5.60 Å². The first kappa shape index (κ1) is 14.4. The van der Waals surface area contributed by atoms with Gasteiger partial charge in [0.2, 0.25) is 0 Å². The molecule has 3 aliphatic rings. The lowest BCUT2D eigenvalue weighted by Gasteiger charge is -2.53. The predicted octanol–water partition coefficient (Wildman–Crippen LogP) is 3.56. The highest BCUT2D eigenvalue weighted by Gasteiger charge is 2.67. The Morgan fingerprint density at radius 3 is 2.60 bits per heavy atom. The molecule has 2 heterocycles. The minimum atomic E-state index is -0.264. The normalized spacial score (nSPS) is 50.3. The van der Waals surface area contributed by atoms with Crippen LogP contribution in [0, 0.1) is 23.7 Å². The second kappa shape index (κ2) is 4.46. The molecule has 3 rings (SSSR count). The first-order valence-corrected chi connectivity index (χ1v) is 8.17. The van der Waals surface area contributed by atoms with E-state index in [9.17, 15) is 4.79 Å². The van der Waals surface area contributed by atoms with Crippen LogP contribution in [0.2, 0.25) is 0 Å². The van der Waals surface area contributed by atoms with Gasteiger partial charge < -0.3 is 9.47 Å². The third kappa shape index (κ3) is 1.78. The number of rotatable bonds is 2. The van der Waals surface area contributed by atoms with Gasteiger partial charge in [0.15, 0.2) is 0 Å². The van der Waals surface area contributed by atoms with Gasteiger partial charge in [-0.1, -0.05) is 20.8 Å². The lowest BCUT2D eigenvalue weighted by molar-refractivity contribution is -0.258. The summed E-state index contributed by atoms with van der Waals surface area (Å²) < 4.78 is 12.5. The van der Waals surface area contributed by atoms with Crippen LogP contribution in [0.25, 0.3) is 0 Å². The van der Waals surface area contributed by atoms with Crippen molar-refractivity contribution in [3.05, 3.63) is 0 Å². The van der Waals surface area contributed by atoms with Gasteiger partial charge in [0, 0.05) is 12.8 Å². The average molecular weight is 280 g/mol. The molecule has 114 valence electrons. The Bertz CT molecular complexity index is 418. The van der Waals surface area contributed by atoms with Gasteiger partial charge in [-0.15, -0.1) is 0 Å². The summed E-state index contributed by atoms with van der Waals surface area (Å²) in [5.41, 5.74) is -0.267. The Kier molecular flexibility index (Phi) is 3.20. The lowest BCUT2D eigenvalue weighted by Crippen LogP contribution is -2.61. The molecule has 3 nitrogen and oxygen atoms in total. The van der Waals surface area contributed by atoms with Crippen molar-refractivity contribution in [1.29, 1.82) is 0 Å². The van der Waals surface area contributed by atoms with Gasteiger partial charge in [-0.2, -0.15) is 0 Å². The van der Waals surface area contributed by atoms with Gasteiger partial charge in [-0.05, 0) is 50.4 Å². The van der Waals surface area contributed by atoms with Crippen molar-refractivity contribution >= 4 is 5.97 Å². The predicted molar refractivity (Wildman–Crippen MR) is 77.2 cm³/mol. The van der Waals surface area contributed by atoms with E-state index in [0.717, 1.165) is 12.8 Å². The summed E-state index contributed by atoms with van der Waals surface area (Å²) in [7, 11) is 0. The molecule has 2 bridgehead atoms. The highest BCUT2D eigenvalue weighted by atomic mass is 16.6. The molecule has 6 atom stereocenters. The monoisotopic (exact) mass is 280 g/mol. The molecule has 0 aromatic carbocycles. The minimum Gasteiger partial charge on any atom is -0.459 e. The number of carbonyl (C=O) groups excluding carboxylic acids is 1. The van der Waals surface area contributed by atoms with E-state index in [1.165, 1.54) is 19.8 Å². The number of hydrogen-bond acceptors (Lipinski definition) is 3. The first-order valence-electron chi connectivity index (χ1n) is 8.17. The quantitative estimate of drug-likeness (QED) is 0.726. The van der Waals surface area contributed by atoms with Crippen LogP contribution in [0.5, 0.6) is 0 Å². The second-order valence-corrected chi connectivity index (χ2v) is 7.79. The molecular weight excluding hydrogens is 252 g/mol. The van der Waals surface area contributed by atoms with Crippen LogP contribution < -0.4 is 0 Å². The fourth-order valence-corrected chi connectivity index (χ4v) is 5.30. The molecule has 0 amide bonds. The number of esters is 1. The summed E-state index contributed by atoms with van der Waals surface area (Å²) in [6.07, 6.45) is 4.53. The Morgan fingerprint density at radius 1 is 1.30 bits per heavy atom. The van der Waals surface area contributed by atoms with Crippen LogP contribution in [0.15, 0.2) is 0 Å². The fourth-order valence-electron chi connectivity index (χ4n) is 5.30. The van der Waals surface area contributed by atoms with E-state index < -0.39 is 0 Å². The molecule has 20 heavy (non-hydrogen) atoms. The maximum Gasteiger partial charge on any atom is 0.303 e. The van der Waals surface area contributed by atoms with Gasteiger partial charge in [-0.3, -0.25) is 4.79 Å². The Labute approximate surface area is 122 Å². The number of carbonyl (C=O) groups is 1. The molecule has 0 unspecified atom stereocenters. The van der Waals surface area contributed by atoms with Crippen molar-refractivity contribution in [2.24, 2.45) is 23.7 Å². The van der Waals surface area contributed by atoms with Crippen LogP contribution in [0.4, 0.5) is 0 Å². The van der Waals surface area contributed by atoms with Gasteiger partial charge in [0.25, 0.3) is 0 Å². The molecule has 1 saturated carbocycles. The Hall–Kier alpha value is -0.570. The molecule has 0 spiro atoms. The van der Waals surface area contributed by atoms with Crippen LogP contribution in [0.3, 0.4) is 0 Å². The maximum atomic E-state index is 11.6. The Balaban J connectivity index is 2.04. The second-order valence-electron chi connectivity index (χ2n) is 7.79.